The third-order valence-corrected chi connectivity index (χ3v) is 6.21. The third-order valence-electron chi connectivity index (χ3n) is 4.34. The first-order chi connectivity index (χ1) is 12.5. The molecule has 0 bridgehead atoms. The highest BCUT2D eigenvalue weighted by molar-refractivity contribution is 7.93. The summed E-state index contributed by atoms with van der Waals surface area (Å²) < 4.78 is 25.3. The van der Waals surface area contributed by atoms with E-state index in [9.17, 15) is 13.2 Å². The van der Waals surface area contributed by atoms with Crippen molar-refractivity contribution in [1.82, 2.24) is 0 Å². The topological polar surface area (TPSA) is 66.5 Å². The summed E-state index contributed by atoms with van der Waals surface area (Å²) in [6.07, 6.45) is 4.79. The van der Waals surface area contributed by atoms with Gasteiger partial charge in [0.15, 0.2) is 0 Å². The number of amides is 1. The van der Waals surface area contributed by atoms with Gasteiger partial charge < -0.3 is 5.32 Å². The second-order valence-electron chi connectivity index (χ2n) is 6.21. The molecule has 0 radical (unpaired) electrons. The van der Waals surface area contributed by atoms with Crippen LogP contribution in [0.5, 0.6) is 0 Å². The normalized spacial score (nSPS) is 16.1. The molecule has 1 saturated heterocycles. The molecule has 1 heterocycles. The summed E-state index contributed by atoms with van der Waals surface area (Å²) in [4.78, 5) is 12.0. The lowest BCUT2D eigenvalue weighted by atomic mass is 10.1. The summed E-state index contributed by atoms with van der Waals surface area (Å²) in [6.45, 7) is 2.61. The van der Waals surface area contributed by atoms with Crippen molar-refractivity contribution in [3.8, 4) is 0 Å². The minimum absolute atomic E-state index is 0.202. The zero-order valence-electron chi connectivity index (χ0n) is 14.7. The van der Waals surface area contributed by atoms with Gasteiger partial charge in [-0.3, -0.25) is 9.10 Å². The minimum Gasteiger partial charge on any atom is -0.323 e. The van der Waals surface area contributed by atoms with Gasteiger partial charge in [0.25, 0.3) is 0 Å². The number of hydrogen-bond donors (Lipinski definition) is 1. The average molecular weight is 370 g/mol. The van der Waals surface area contributed by atoms with Crippen LogP contribution >= 0.6 is 0 Å². The SMILES string of the molecule is CCc1ccc(NC(=O)/C=C/c2ccc(N3CCCS3(=O)=O)cc2)cc1. The average Bonchev–Trinajstić information content (AvgIpc) is 3.00. The van der Waals surface area contributed by atoms with E-state index in [1.165, 1.54) is 15.9 Å². The molecule has 0 spiro atoms. The molecular weight excluding hydrogens is 348 g/mol. The molecule has 26 heavy (non-hydrogen) atoms. The highest BCUT2D eigenvalue weighted by Gasteiger charge is 2.28. The molecule has 1 N–H and O–H groups in total. The Kier molecular flexibility index (Phi) is 5.42. The van der Waals surface area contributed by atoms with Gasteiger partial charge >= 0.3 is 0 Å². The summed E-state index contributed by atoms with van der Waals surface area (Å²) in [5, 5.41) is 2.82. The first-order valence-electron chi connectivity index (χ1n) is 8.66. The number of anilines is 2. The van der Waals surface area contributed by atoms with Crippen molar-refractivity contribution in [3.63, 3.8) is 0 Å². The number of nitrogens with one attached hydrogen (secondary N) is 1. The van der Waals surface area contributed by atoms with Crippen LogP contribution in [0.15, 0.2) is 54.6 Å². The van der Waals surface area contributed by atoms with E-state index in [-0.39, 0.29) is 11.7 Å². The van der Waals surface area contributed by atoms with Crippen molar-refractivity contribution < 1.29 is 13.2 Å². The Balaban J connectivity index is 1.62. The molecule has 0 unspecified atom stereocenters. The zero-order chi connectivity index (χ0) is 18.6. The molecule has 0 aliphatic carbocycles. The van der Waals surface area contributed by atoms with Gasteiger partial charge in [-0.15, -0.1) is 0 Å². The van der Waals surface area contributed by atoms with Gasteiger partial charge in [-0.2, -0.15) is 0 Å². The minimum atomic E-state index is -3.17. The smallest absolute Gasteiger partial charge is 0.248 e. The van der Waals surface area contributed by atoms with E-state index in [1.54, 1.807) is 18.2 Å². The fourth-order valence-corrected chi connectivity index (χ4v) is 4.43. The largest absolute Gasteiger partial charge is 0.323 e. The fraction of sp³-hybridized carbons (Fsp3) is 0.250. The van der Waals surface area contributed by atoms with E-state index in [4.69, 9.17) is 0 Å². The maximum atomic E-state index is 12.0. The number of aryl methyl sites for hydroxylation is 1. The number of benzene rings is 2. The molecule has 0 atom stereocenters. The van der Waals surface area contributed by atoms with Crippen LogP contribution in [0.1, 0.15) is 24.5 Å². The fourth-order valence-electron chi connectivity index (χ4n) is 2.86. The molecule has 1 aliphatic rings. The summed E-state index contributed by atoms with van der Waals surface area (Å²) in [7, 11) is -3.17. The maximum absolute atomic E-state index is 12.0. The van der Waals surface area contributed by atoms with Crippen LogP contribution in [0, 0.1) is 0 Å². The third kappa shape index (κ3) is 4.32. The van der Waals surface area contributed by atoms with Crippen molar-refractivity contribution in [2.45, 2.75) is 19.8 Å². The Hall–Kier alpha value is -2.60. The van der Waals surface area contributed by atoms with Gasteiger partial charge in [0, 0.05) is 18.3 Å². The molecule has 0 aromatic heterocycles. The summed E-state index contributed by atoms with van der Waals surface area (Å²) in [6, 6.07) is 14.9. The molecule has 2 aromatic rings. The monoisotopic (exact) mass is 370 g/mol. The van der Waals surface area contributed by atoms with E-state index < -0.39 is 10.0 Å². The Morgan fingerprint density at radius 1 is 1.12 bits per heavy atom. The van der Waals surface area contributed by atoms with Gasteiger partial charge in [-0.05, 0) is 54.3 Å². The van der Waals surface area contributed by atoms with Gasteiger partial charge in [0.1, 0.15) is 0 Å². The van der Waals surface area contributed by atoms with Gasteiger partial charge in [0.05, 0.1) is 11.4 Å². The quantitative estimate of drug-likeness (QED) is 0.820. The number of hydrogen-bond acceptors (Lipinski definition) is 3. The molecule has 1 amide bonds. The molecule has 3 rings (SSSR count). The van der Waals surface area contributed by atoms with Gasteiger partial charge in [-0.25, -0.2) is 8.42 Å². The lowest BCUT2D eigenvalue weighted by molar-refractivity contribution is -0.111. The molecule has 1 fully saturated rings. The second kappa shape index (κ2) is 7.74. The summed E-state index contributed by atoms with van der Waals surface area (Å²) in [5.74, 6) is -0.00548. The van der Waals surface area contributed by atoms with E-state index in [1.807, 2.05) is 36.4 Å². The number of nitrogens with zero attached hydrogens (tertiary/aromatic N) is 1. The molecule has 6 heteroatoms. The highest BCUT2D eigenvalue weighted by atomic mass is 32.2. The number of carbonyl (C=O) groups excluding carboxylic acids is 1. The van der Waals surface area contributed by atoms with E-state index in [0.29, 0.717) is 18.7 Å². The molecule has 0 saturated carbocycles. The maximum Gasteiger partial charge on any atom is 0.248 e. The van der Waals surface area contributed by atoms with Crippen LogP contribution in [0.4, 0.5) is 11.4 Å². The van der Waals surface area contributed by atoms with Crippen molar-refractivity contribution in [1.29, 1.82) is 0 Å². The van der Waals surface area contributed by atoms with Gasteiger partial charge in [0.2, 0.25) is 15.9 Å². The first kappa shape index (κ1) is 18.2. The van der Waals surface area contributed by atoms with E-state index in [0.717, 1.165) is 17.7 Å². The Morgan fingerprint density at radius 2 is 1.81 bits per heavy atom. The van der Waals surface area contributed by atoms with Crippen LogP contribution in [-0.2, 0) is 21.2 Å². The van der Waals surface area contributed by atoms with Crippen molar-refractivity contribution in [3.05, 3.63) is 65.7 Å². The Labute approximate surface area is 154 Å². The molecule has 2 aromatic carbocycles. The van der Waals surface area contributed by atoms with Crippen molar-refractivity contribution >= 4 is 33.4 Å². The van der Waals surface area contributed by atoms with Crippen LogP contribution in [0.2, 0.25) is 0 Å². The van der Waals surface area contributed by atoms with Crippen LogP contribution < -0.4 is 9.62 Å². The number of rotatable bonds is 5. The van der Waals surface area contributed by atoms with Crippen LogP contribution in [-0.4, -0.2) is 26.6 Å². The predicted octanol–water partition coefficient (Wildman–Crippen LogP) is 3.44. The van der Waals surface area contributed by atoms with Crippen LogP contribution in [0.25, 0.3) is 6.08 Å². The molecular formula is C20H22N2O3S. The molecule has 5 nitrogen and oxygen atoms in total. The predicted molar refractivity (Wildman–Crippen MR) is 106 cm³/mol. The van der Waals surface area contributed by atoms with Crippen LogP contribution in [0.3, 0.4) is 0 Å². The molecule has 1 aliphatic heterocycles. The Morgan fingerprint density at radius 3 is 2.38 bits per heavy atom. The second-order valence-corrected chi connectivity index (χ2v) is 8.22. The lowest BCUT2D eigenvalue weighted by Gasteiger charge is -2.16. The standard InChI is InChI=1S/C20H22N2O3S/c1-2-16-4-9-18(10-5-16)21-20(23)13-8-17-6-11-19(12-7-17)22-14-3-15-26(22,24)25/h4-13H,2-3,14-15H2,1H3,(H,21,23)/b13-8+. The van der Waals surface area contributed by atoms with Gasteiger partial charge in [-0.1, -0.05) is 31.2 Å². The first-order valence-corrected chi connectivity index (χ1v) is 10.3. The summed E-state index contributed by atoms with van der Waals surface area (Å²) in [5.41, 5.74) is 3.48. The Bertz CT molecular complexity index is 901. The van der Waals surface area contributed by atoms with Crippen molar-refractivity contribution in [2.24, 2.45) is 0 Å². The van der Waals surface area contributed by atoms with E-state index in [2.05, 4.69) is 12.2 Å². The molecule has 136 valence electrons. The summed E-state index contributed by atoms with van der Waals surface area (Å²) >= 11 is 0. The number of carbonyl (C=O) groups is 1. The highest BCUT2D eigenvalue weighted by Crippen LogP contribution is 2.24. The zero-order valence-corrected chi connectivity index (χ0v) is 15.5. The lowest BCUT2D eigenvalue weighted by Crippen LogP contribution is -2.24. The number of sulfonamides is 1. The van der Waals surface area contributed by atoms with Crippen molar-refractivity contribution in [2.75, 3.05) is 21.9 Å². The van der Waals surface area contributed by atoms with E-state index >= 15 is 0 Å².